The Labute approximate surface area is 125 Å². The average molecular weight is 296 g/mol. The van der Waals surface area contributed by atoms with E-state index in [1.165, 1.54) is 5.56 Å². The van der Waals surface area contributed by atoms with E-state index in [9.17, 15) is 0 Å². The highest BCUT2D eigenvalue weighted by atomic mass is 35.5. The SMILES string of the molecule is CN(Cc1cccc(Cl)c1)C1CCC2(CC1)OCCO2. The van der Waals surface area contributed by atoms with Crippen molar-refractivity contribution in [3.8, 4) is 0 Å². The molecule has 4 heteroatoms. The van der Waals surface area contributed by atoms with Crippen LogP contribution in [0.15, 0.2) is 24.3 Å². The van der Waals surface area contributed by atoms with E-state index < -0.39 is 0 Å². The highest BCUT2D eigenvalue weighted by Crippen LogP contribution is 2.37. The van der Waals surface area contributed by atoms with Crippen molar-refractivity contribution in [3.63, 3.8) is 0 Å². The lowest BCUT2D eigenvalue weighted by molar-refractivity contribution is -0.183. The number of hydrogen-bond acceptors (Lipinski definition) is 3. The Balaban J connectivity index is 1.55. The molecule has 1 saturated heterocycles. The molecule has 2 fully saturated rings. The van der Waals surface area contributed by atoms with Crippen LogP contribution in [0.1, 0.15) is 31.2 Å². The normalized spacial score (nSPS) is 22.8. The summed E-state index contributed by atoms with van der Waals surface area (Å²) in [5.41, 5.74) is 1.27. The minimum Gasteiger partial charge on any atom is -0.348 e. The highest BCUT2D eigenvalue weighted by Gasteiger charge is 2.40. The summed E-state index contributed by atoms with van der Waals surface area (Å²) in [4.78, 5) is 2.42. The number of ether oxygens (including phenoxy) is 2. The standard InChI is InChI=1S/C16H22ClNO2/c1-18(12-13-3-2-4-14(17)11-13)15-5-7-16(8-6-15)19-9-10-20-16/h2-4,11,15H,5-10,12H2,1H3. The molecular weight excluding hydrogens is 274 g/mol. The second-order valence-electron chi connectivity index (χ2n) is 5.88. The molecule has 1 aliphatic carbocycles. The van der Waals surface area contributed by atoms with E-state index >= 15 is 0 Å². The Kier molecular flexibility index (Phi) is 4.32. The molecule has 20 heavy (non-hydrogen) atoms. The fourth-order valence-electron chi connectivity index (χ4n) is 3.32. The van der Waals surface area contributed by atoms with Gasteiger partial charge in [0.1, 0.15) is 0 Å². The second-order valence-corrected chi connectivity index (χ2v) is 6.32. The van der Waals surface area contributed by atoms with Crippen LogP contribution in [0.2, 0.25) is 5.02 Å². The summed E-state index contributed by atoms with van der Waals surface area (Å²) in [6, 6.07) is 8.72. The third kappa shape index (κ3) is 3.17. The largest absolute Gasteiger partial charge is 0.348 e. The molecule has 3 nitrogen and oxygen atoms in total. The van der Waals surface area contributed by atoms with E-state index in [2.05, 4.69) is 18.0 Å². The summed E-state index contributed by atoms with van der Waals surface area (Å²) in [6.45, 7) is 2.45. The molecule has 1 aliphatic heterocycles. The van der Waals surface area contributed by atoms with Crippen LogP contribution in [0, 0.1) is 0 Å². The van der Waals surface area contributed by atoms with Gasteiger partial charge in [-0.15, -0.1) is 0 Å². The first-order valence-electron chi connectivity index (χ1n) is 7.39. The van der Waals surface area contributed by atoms with Crippen molar-refractivity contribution in [2.45, 2.75) is 44.1 Å². The molecule has 0 bridgehead atoms. The molecule has 1 heterocycles. The monoisotopic (exact) mass is 295 g/mol. The molecule has 0 amide bonds. The zero-order valence-electron chi connectivity index (χ0n) is 12.0. The molecule has 1 aromatic rings. The Bertz CT molecular complexity index is 450. The average Bonchev–Trinajstić information content (AvgIpc) is 2.88. The Morgan fingerprint density at radius 3 is 2.60 bits per heavy atom. The zero-order valence-corrected chi connectivity index (χ0v) is 12.7. The summed E-state index contributed by atoms with van der Waals surface area (Å²) in [6.07, 6.45) is 4.29. The third-order valence-electron chi connectivity index (χ3n) is 4.47. The maximum Gasteiger partial charge on any atom is 0.168 e. The van der Waals surface area contributed by atoms with E-state index in [1.54, 1.807) is 0 Å². The number of benzene rings is 1. The van der Waals surface area contributed by atoms with Crippen LogP contribution >= 0.6 is 11.6 Å². The first-order chi connectivity index (χ1) is 9.67. The van der Waals surface area contributed by atoms with Gasteiger partial charge in [-0.25, -0.2) is 0 Å². The van der Waals surface area contributed by atoms with Gasteiger partial charge in [-0.3, -0.25) is 4.90 Å². The van der Waals surface area contributed by atoms with Gasteiger partial charge in [0.15, 0.2) is 5.79 Å². The molecule has 2 aliphatic rings. The van der Waals surface area contributed by atoms with Crippen LogP contribution < -0.4 is 0 Å². The van der Waals surface area contributed by atoms with Gasteiger partial charge in [-0.2, -0.15) is 0 Å². The molecule has 1 saturated carbocycles. The molecular formula is C16H22ClNO2. The first-order valence-corrected chi connectivity index (χ1v) is 7.77. The second kappa shape index (κ2) is 6.02. The van der Waals surface area contributed by atoms with E-state index in [1.807, 2.05) is 18.2 Å². The minimum atomic E-state index is -0.257. The maximum atomic E-state index is 6.04. The van der Waals surface area contributed by atoms with Gasteiger partial charge in [-0.05, 0) is 37.6 Å². The van der Waals surface area contributed by atoms with Crippen molar-refractivity contribution in [1.82, 2.24) is 4.90 Å². The lowest BCUT2D eigenvalue weighted by Crippen LogP contribution is -2.42. The predicted molar refractivity (Wildman–Crippen MR) is 79.8 cm³/mol. The topological polar surface area (TPSA) is 21.7 Å². The van der Waals surface area contributed by atoms with Crippen LogP contribution in [0.25, 0.3) is 0 Å². The molecule has 0 radical (unpaired) electrons. The smallest absolute Gasteiger partial charge is 0.168 e. The van der Waals surface area contributed by atoms with Gasteiger partial charge in [0, 0.05) is 30.5 Å². The molecule has 0 unspecified atom stereocenters. The van der Waals surface area contributed by atoms with Crippen LogP contribution in [-0.4, -0.2) is 37.0 Å². The van der Waals surface area contributed by atoms with Crippen LogP contribution in [-0.2, 0) is 16.0 Å². The van der Waals surface area contributed by atoms with E-state index in [0.717, 1.165) is 50.5 Å². The van der Waals surface area contributed by atoms with Crippen molar-refractivity contribution in [1.29, 1.82) is 0 Å². The zero-order chi connectivity index (χ0) is 14.0. The quantitative estimate of drug-likeness (QED) is 0.852. The van der Waals surface area contributed by atoms with Gasteiger partial charge in [0.05, 0.1) is 13.2 Å². The summed E-state index contributed by atoms with van der Waals surface area (Å²) < 4.78 is 11.6. The number of hydrogen-bond donors (Lipinski definition) is 0. The number of nitrogens with zero attached hydrogens (tertiary/aromatic N) is 1. The van der Waals surface area contributed by atoms with Gasteiger partial charge in [0.2, 0.25) is 0 Å². The Morgan fingerprint density at radius 2 is 1.95 bits per heavy atom. The molecule has 110 valence electrons. The fraction of sp³-hybridized carbons (Fsp3) is 0.625. The summed E-state index contributed by atoms with van der Waals surface area (Å²) in [7, 11) is 2.19. The van der Waals surface area contributed by atoms with Crippen LogP contribution in [0.4, 0.5) is 0 Å². The summed E-state index contributed by atoms with van der Waals surface area (Å²) >= 11 is 6.04. The van der Waals surface area contributed by atoms with Gasteiger partial charge in [-0.1, -0.05) is 23.7 Å². The molecule has 0 atom stereocenters. The lowest BCUT2D eigenvalue weighted by atomic mass is 9.89. The Morgan fingerprint density at radius 1 is 1.25 bits per heavy atom. The van der Waals surface area contributed by atoms with Crippen molar-refractivity contribution in [3.05, 3.63) is 34.9 Å². The third-order valence-corrected chi connectivity index (χ3v) is 4.71. The molecule has 1 aromatic carbocycles. The van der Waals surface area contributed by atoms with Crippen molar-refractivity contribution in [2.75, 3.05) is 20.3 Å². The van der Waals surface area contributed by atoms with E-state index in [0.29, 0.717) is 6.04 Å². The Hall–Kier alpha value is -0.610. The summed E-state index contributed by atoms with van der Waals surface area (Å²) in [5.74, 6) is -0.257. The number of rotatable bonds is 3. The first kappa shape index (κ1) is 14.3. The minimum absolute atomic E-state index is 0.257. The molecule has 1 spiro atoms. The lowest BCUT2D eigenvalue weighted by Gasteiger charge is -2.39. The highest BCUT2D eigenvalue weighted by molar-refractivity contribution is 6.30. The van der Waals surface area contributed by atoms with Gasteiger partial charge < -0.3 is 9.47 Å². The predicted octanol–water partition coefficient (Wildman–Crippen LogP) is 3.46. The van der Waals surface area contributed by atoms with Crippen molar-refractivity contribution < 1.29 is 9.47 Å². The molecule has 0 aromatic heterocycles. The number of halogens is 1. The van der Waals surface area contributed by atoms with Crippen LogP contribution in [0.3, 0.4) is 0 Å². The maximum absolute atomic E-state index is 6.04. The van der Waals surface area contributed by atoms with E-state index in [-0.39, 0.29) is 5.79 Å². The summed E-state index contributed by atoms with van der Waals surface area (Å²) in [5, 5.41) is 0.811. The van der Waals surface area contributed by atoms with Gasteiger partial charge in [0.25, 0.3) is 0 Å². The van der Waals surface area contributed by atoms with E-state index in [4.69, 9.17) is 21.1 Å². The van der Waals surface area contributed by atoms with Gasteiger partial charge >= 0.3 is 0 Å². The van der Waals surface area contributed by atoms with Crippen LogP contribution in [0.5, 0.6) is 0 Å². The van der Waals surface area contributed by atoms with Crippen molar-refractivity contribution >= 4 is 11.6 Å². The fourth-order valence-corrected chi connectivity index (χ4v) is 3.53. The van der Waals surface area contributed by atoms with Crippen molar-refractivity contribution in [2.24, 2.45) is 0 Å². The molecule has 0 N–H and O–H groups in total. The molecule has 3 rings (SSSR count).